The van der Waals surface area contributed by atoms with Gasteiger partial charge in [-0.2, -0.15) is 0 Å². The number of nitrogens with zero attached hydrogens (tertiary/aromatic N) is 2. The van der Waals surface area contributed by atoms with Crippen LogP contribution >= 0.6 is 0 Å². The van der Waals surface area contributed by atoms with Crippen LogP contribution in [0, 0.1) is 0 Å². The maximum absolute atomic E-state index is 11.9. The van der Waals surface area contributed by atoms with Gasteiger partial charge in [0.25, 0.3) is 0 Å². The van der Waals surface area contributed by atoms with Crippen molar-refractivity contribution in [2.75, 3.05) is 26.7 Å². The molecule has 1 saturated heterocycles. The van der Waals surface area contributed by atoms with Crippen LogP contribution in [0.5, 0.6) is 0 Å². The molecule has 0 bridgehead atoms. The van der Waals surface area contributed by atoms with Crippen LogP contribution in [-0.2, 0) is 4.79 Å². The topological polar surface area (TPSA) is 61.6 Å². The molecular weight excluding hydrogens is 264 g/mol. The lowest BCUT2D eigenvalue weighted by Gasteiger charge is -2.43. The summed E-state index contributed by atoms with van der Waals surface area (Å²) in [5, 5.41) is 3.46. The Hall–Kier alpha value is -0.650. The molecule has 0 aromatic rings. The van der Waals surface area contributed by atoms with Gasteiger partial charge in [-0.15, -0.1) is 0 Å². The first-order valence-corrected chi connectivity index (χ1v) is 8.37. The number of nitrogens with two attached hydrogens (primary N) is 1. The Kier molecular flexibility index (Phi) is 5.28. The van der Waals surface area contributed by atoms with Crippen LogP contribution in [-0.4, -0.2) is 66.1 Å². The molecule has 1 amide bonds. The van der Waals surface area contributed by atoms with E-state index in [4.69, 9.17) is 5.73 Å². The SMILES string of the molecule is CCC1CN(C(C)CC(C)(NC2CC2)C(N)=O)CCN1C. The molecule has 2 aliphatic rings. The van der Waals surface area contributed by atoms with E-state index in [0.717, 1.165) is 26.1 Å². The summed E-state index contributed by atoms with van der Waals surface area (Å²) in [4.78, 5) is 16.9. The highest BCUT2D eigenvalue weighted by Gasteiger charge is 2.39. The Morgan fingerprint density at radius 3 is 2.62 bits per heavy atom. The number of hydrogen-bond acceptors (Lipinski definition) is 4. The van der Waals surface area contributed by atoms with Gasteiger partial charge in [0.05, 0.1) is 5.54 Å². The standard InChI is InChI=1S/C16H32N4O/c1-5-14-11-20(9-8-19(14)4)12(2)10-16(3,15(17)21)18-13-6-7-13/h12-14,18H,5-11H2,1-4H3,(H2,17,21). The van der Waals surface area contributed by atoms with Gasteiger partial charge in [0, 0.05) is 37.8 Å². The Balaban J connectivity index is 1.94. The van der Waals surface area contributed by atoms with E-state index < -0.39 is 5.54 Å². The number of amides is 1. The van der Waals surface area contributed by atoms with E-state index in [9.17, 15) is 4.79 Å². The number of carbonyl (C=O) groups is 1. The first-order chi connectivity index (χ1) is 9.85. The Morgan fingerprint density at radius 1 is 1.43 bits per heavy atom. The van der Waals surface area contributed by atoms with E-state index in [1.807, 2.05) is 6.92 Å². The molecular formula is C16H32N4O. The summed E-state index contributed by atoms with van der Waals surface area (Å²) >= 11 is 0. The number of hydrogen-bond donors (Lipinski definition) is 2. The zero-order valence-corrected chi connectivity index (χ0v) is 14.1. The van der Waals surface area contributed by atoms with E-state index in [-0.39, 0.29) is 5.91 Å². The van der Waals surface area contributed by atoms with E-state index in [0.29, 0.717) is 18.1 Å². The monoisotopic (exact) mass is 296 g/mol. The van der Waals surface area contributed by atoms with Gasteiger partial charge < -0.3 is 16.0 Å². The van der Waals surface area contributed by atoms with Gasteiger partial charge in [0.1, 0.15) is 0 Å². The van der Waals surface area contributed by atoms with Crippen molar-refractivity contribution in [1.82, 2.24) is 15.1 Å². The van der Waals surface area contributed by atoms with E-state index >= 15 is 0 Å². The van der Waals surface area contributed by atoms with Gasteiger partial charge in [-0.05, 0) is 46.6 Å². The molecule has 1 aliphatic carbocycles. The lowest BCUT2D eigenvalue weighted by atomic mass is 9.91. The fourth-order valence-electron chi connectivity index (χ4n) is 3.44. The summed E-state index contributed by atoms with van der Waals surface area (Å²) < 4.78 is 0. The predicted octanol–water partition coefficient (Wildman–Crippen LogP) is 0.787. The third-order valence-corrected chi connectivity index (χ3v) is 5.25. The van der Waals surface area contributed by atoms with Crippen LogP contribution < -0.4 is 11.1 Å². The van der Waals surface area contributed by atoms with Crippen molar-refractivity contribution >= 4 is 5.91 Å². The molecule has 21 heavy (non-hydrogen) atoms. The van der Waals surface area contributed by atoms with Crippen LogP contribution in [0.2, 0.25) is 0 Å². The van der Waals surface area contributed by atoms with Crippen molar-refractivity contribution in [1.29, 1.82) is 0 Å². The second-order valence-electron chi connectivity index (χ2n) is 7.21. The highest BCUT2D eigenvalue weighted by molar-refractivity contribution is 5.84. The summed E-state index contributed by atoms with van der Waals surface area (Å²) in [6, 6.07) is 1.49. The number of rotatable bonds is 7. The molecule has 3 N–H and O–H groups in total. The fourth-order valence-corrected chi connectivity index (χ4v) is 3.44. The summed E-state index contributed by atoms with van der Waals surface area (Å²) in [7, 11) is 2.21. The van der Waals surface area contributed by atoms with E-state index in [2.05, 4.69) is 36.0 Å². The van der Waals surface area contributed by atoms with Crippen LogP contribution in [0.15, 0.2) is 0 Å². The van der Waals surface area contributed by atoms with Crippen LogP contribution in [0.1, 0.15) is 46.5 Å². The van der Waals surface area contributed by atoms with Crippen LogP contribution in [0.25, 0.3) is 0 Å². The minimum Gasteiger partial charge on any atom is -0.368 e. The van der Waals surface area contributed by atoms with Crippen molar-refractivity contribution in [3.63, 3.8) is 0 Å². The van der Waals surface area contributed by atoms with Crippen molar-refractivity contribution in [2.45, 2.75) is 70.1 Å². The Morgan fingerprint density at radius 2 is 2.10 bits per heavy atom. The Labute approximate surface area is 129 Å². The van der Waals surface area contributed by atoms with Crippen LogP contribution in [0.4, 0.5) is 0 Å². The van der Waals surface area contributed by atoms with Crippen molar-refractivity contribution in [3.05, 3.63) is 0 Å². The van der Waals surface area contributed by atoms with E-state index in [1.165, 1.54) is 19.3 Å². The van der Waals surface area contributed by atoms with Crippen molar-refractivity contribution in [2.24, 2.45) is 5.73 Å². The smallest absolute Gasteiger partial charge is 0.237 e. The van der Waals surface area contributed by atoms with Gasteiger partial charge in [-0.3, -0.25) is 9.69 Å². The normalized spacial score (nSPS) is 29.0. The van der Waals surface area contributed by atoms with Gasteiger partial charge in [-0.1, -0.05) is 6.92 Å². The zero-order chi connectivity index (χ0) is 15.6. The maximum atomic E-state index is 11.9. The molecule has 3 atom stereocenters. The van der Waals surface area contributed by atoms with Crippen molar-refractivity contribution < 1.29 is 4.79 Å². The molecule has 0 spiro atoms. The highest BCUT2D eigenvalue weighted by Crippen LogP contribution is 2.26. The summed E-state index contributed by atoms with van der Waals surface area (Å²) in [6.07, 6.45) is 4.31. The van der Waals surface area contributed by atoms with Crippen molar-refractivity contribution in [3.8, 4) is 0 Å². The second kappa shape index (κ2) is 6.63. The molecule has 0 aromatic carbocycles. The maximum Gasteiger partial charge on any atom is 0.237 e. The van der Waals surface area contributed by atoms with Gasteiger partial charge in [-0.25, -0.2) is 0 Å². The molecule has 2 fully saturated rings. The lowest BCUT2D eigenvalue weighted by molar-refractivity contribution is -0.124. The predicted molar refractivity (Wildman–Crippen MR) is 86.1 cm³/mol. The second-order valence-corrected chi connectivity index (χ2v) is 7.21. The third-order valence-electron chi connectivity index (χ3n) is 5.25. The molecule has 5 nitrogen and oxygen atoms in total. The number of primary amides is 1. The third kappa shape index (κ3) is 4.18. The quantitative estimate of drug-likeness (QED) is 0.729. The molecule has 2 rings (SSSR count). The molecule has 1 saturated carbocycles. The van der Waals surface area contributed by atoms with Gasteiger partial charge in [0.2, 0.25) is 5.91 Å². The van der Waals surface area contributed by atoms with Gasteiger partial charge in [0.15, 0.2) is 0 Å². The summed E-state index contributed by atoms with van der Waals surface area (Å²) in [6.45, 7) is 9.72. The lowest BCUT2D eigenvalue weighted by Crippen LogP contribution is -2.59. The number of piperazine rings is 1. The first-order valence-electron chi connectivity index (χ1n) is 8.37. The fraction of sp³-hybridized carbons (Fsp3) is 0.938. The molecule has 3 unspecified atom stereocenters. The molecule has 5 heteroatoms. The molecule has 0 radical (unpaired) electrons. The zero-order valence-electron chi connectivity index (χ0n) is 14.1. The number of likely N-dealkylation sites (N-methyl/N-ethyl adjacent to an activating group) is 1. The number of nitrogens with one attached hydrogen (secondary N) is 1. The molecule has 1 heterocycles. The first kappa shape index (κ1) is 16.7. The molecule has 0 aromatic heterocycles. The molecule has 122 valence electrons. The average molecular weight is 296 g/mol. The van der Waals surface area contributed by atoms with Crippen LogP contribution in [0.3, 0.4) is 0 Å². The highest BCUT2D eigenvalue weighted by atomic mass is 16.1. The Bertz CT molecular complexity index is 371. The summed E-state index contributed by atoms with van der Waals surface area (Å²) in [5.74, 6) is -0.220. The number of carbonyl (C=O) groups excluding carboxylic acids is 1. The average Bonchev–Trinajstić information content (AvgIpc) is 3.22. The minimum absolute atomic E-state index is 0.220. The van der Waals surface area contributed by atoms with Gasteiger partial charge >= 0.3 is 0 Å². The van der Waals surface area contributed by atoms with E-state index in [1.54, 1.807) is 0 Å². The largest absolute Gasteiger partial charge is 0.368 e. The minimum atomic E-state index is -0.578. The summed E-state index contributed by atoms with van der Waals surface area (Å²) in [5.41, 5.74) is 5.09. The molecule has 1 aliphatic heterocycles.